The molecule has 0 aliphatic rings. The van der Waals surface area contributed by atoms with E-state index in [1.165, 1.54) is 12.1 Å². The van der Waals surface area contributed by atoms with Crippen LogP contribution < -0.4 is 5.32 Å². The molecule has 3 aromatic carbocycles. The van der Waals surface area contributed by atoms with E-state index in [2.05, 4.69) is 11.4 Å². The molecule has 0 aliphatic carbocycles. The first-order valence-electron chi connectivity index (χ1n) is 7.33. The highest BCUT2D eigenvalue weighted by molar-refractivity contribution is 5.63. The molecule has 1 N–H and O–H groups in total. The maximum absolute atomic E-state index is 13.0. The number of nitriles is 1. The van der Waals surface area contributed by atoms with Crippen molar-refractivity contribution in [2.75, 3.05) is 5.32 Å². The molecule has 0 amide bonds. The Kier molecular flexibility index (Phi) is 4.35. The van der Waals surface area contributed by atoms with E-state index in [0.717, 1.165) is 22.4 Å². The monoisotopic (exact) mass is 302 g/mol. The Hall–Kier alpha value is -3.12. The van der Waals surface area contributed by atoms with Gasteiger partial charge >= 0.3 is 0 Å². The molecule has 0 heterocycles. The second kappa shape index (κ2) is 6.76. The van der Waals surface area contributed by atoms with Gasteiger partial charge in [-0.2, -0.15) is 5.26 Å². The fraction of sp³-hybridized carbons (Fsp3) is 0.0500. The lowest BCUT2D eigenvalue weighted by Crippen LogP contribution is -1.99. The zero-order valence-electron chi connectivity index (χ0n) is 12.5. The van der Waals surface area contributed by atoms with Gasteiger partial charge in [0.1, 0.15) is 5.82 Å². The lowest BCUT2D eigenvalue weighted by Gasteiger charge is -2.08. The minimum absolute atomic E-state index is 0.228. The second-order valence-electron chi connectivity index (χ2n) is 5.25. The third kappa shape index (κ3) is 3.75. The summed E-state index contributed by atoms with van der Waals surface area (Å²) >= 11 is 0. The zero-order valence-corrected chi connectivity index (χ0v) is 12.5. The number of nitrogens with one attached hydrogen (secondary N) is 1. The summed E-state index contributed by atoms with van der Waals surface area (Å²) in [5, 5.41) is 12.2. The standard InChI is InChI=1S/C20H15FN2/c21-19-10-8-18(9-11-19)17-6-4-15(5-7-17)14-23-20-3-1-2-16(12-20)13-22/h1-12,23H,14H2. The molecule has 0 fully saturated rings. The van der Waals surface area contributed by atoms with Gasteiger partial charge in [-0.1, -0.05) is 42.5 Å². The molecular weight excluding hydrogens is 287 g/mol. The van der Waals surface area contributed by atoms with Gasteiger partial charge in [0.25, 0.3) is 0 Å². The Morgan fingerprint density at radius 3 is 2.17 bits per heavy atom. The largest absolute Gasteiger partial charge is 0.381 e. The summed E-state index contributed by atoms with van der Waals surface area (Å²) < 4.78 is 13.0. The molecule has 0 spiro atoms. The van der Waals surface area contributed by atoms with E-state index in [9.17, 15) is 4.39 Å². The van der Waals surface area contributed by atoms with Gasteiger partial charge in [0.15, 0.2) is 0 Å². The molecular formula is C20H15FN2. The molecule has 0 bridgehead atoms. The predicted molar refractivity (Wildman–Crippen MR) is 90.3 cm³/mol. The lowest BCUT2D eigenvalue weighted by molar-refractivity contribution is 0.628. The van der Waals surface area contributed by atoms with E-state index in [4.69, 9.17) is 5.26 Å². The van der Waals surface area contributed by atoms with E-state index in [-0.39, 0.29) is 5.82 Å². The van der Waals surface area contributed by atoms with Crippen molar-refractivity contribution in [3.8, 4) is 17.2 Å². The van der Waals surface area contributed by atoms with Gasteiger partial charge < -0.3 is 5.32 Å². The first-order valence-corrected chi connectivity index (χ1v) is 7.33. The average Bonchev–Trinajstić information content (AvgIpc) is 2.61. The third-order valence-electron chi connectivity index (χ3n) is 3.62. The van der Waals surface area contributed by atoms with Crippen molar-refractivity contribution in [1.82, 2.24) is 0 Å². The molecule has 23 heavy (non-hydrogen) atoms. The second-order valence-corrected chi connectivity index (χ2v) is 5.25. The first-order chi connectivity index (χ1) is 11.2. The lowest BCUT2D eigenvalue weighted by atomic mass is 10.0. The molecule has 0 aromatic heterocycles. The van der Waals surface area contributed by atoms with Gasteiger partial charge in [0, 0.05) is 12.2 Å². The molecule has 112 valence electrons. The average molecular weight is 302 g/mol. The normalized spacial score (nSPS) is 10.1. The molecule has 3 heteroatoms. The smallest absolute Gasteiger partial charge is 0.123 e. The van der Waals surface area contributed by atoms with E-state index < -0.39 is 0 Å². The number of nitrogens with zero attached hydrogens (tertiary/aromatic N) is 1. The van der Waals surface area contributed by atoms with Crippen LogP contribution in [0, 0.1) is 17.1 Å². The fourth-order valence-electron chi connectivity index (χ4n) is 2.36. The topological polar surface area (TPSA) is 35.8 Å². The Morgan fingerprint density at radius 2 is 1.52 bits per heavy atom. The number of benzene rings is 3. The number of anilines is 1. The molecule has 0 saturated carbocycles. The van der Waals surface area contributed by atoms with E-state index in [1.54, 1.807) is 18.2 Å². The molecule has 0 aliphatic heterocycles. The molecule has 0 saturated heterocycles. The number of halogens is 1. The quantitative estimate of drug-likeness (QED) is 0.738. The Bertz CT molecular complexity index is 831. The summed E-state index contributed by atoms with van der Waals surface area (Å²) in [5.41, 5.74) is 4.75. The van der Waals surface area contributed by atoms with Crippen LogP contribution in [0.2, 0.25) is 0 Å². The molecule has 3 rings (SSSR count). The SMILES string of the molecule is N#Cc1cccc(NCc2ccc(-c3ccc(F)cc3)cc2)c1. The third-order valence-corrected chi connectivity index (χ3v) is 3.62. The number of hydrogen-bond acceptors (Lipinski definition) is 2. The van der Waals surface area contributed by atoms with E-state index in [0.29, 0.717) is 12.1 Å². The summed E-state index contributed by atoms with van der Waals surface area (Å²) in [6.45, 7) is 0.679. The minimum Gasteiger partial charge on any atom is -0.381 e. The van der Waals surface area contributed by atoms with Gasteiger partial charge in [0.2, 0.25) is 0 Å². The van der Waals surface area contributed by atoms with Crippen molar-refractivity contribution >= 4 is 5.69 Å². The highest BCUT2D eigenvalue weighted by Crippen LogP contribution is 2.20. The van der Waals surface area contributed by atoms with E-state index in [1.807, 2.05) is 42.5 Å². The van der Waals surface area contributed by atoms with Crippen molar-refractivity contribution in [2.24, 2.45) is 0 Å². The van der Waals surface area contributed by atoms with Crippen molar-refractivity contribution in [3.63, 3.8) is 0 Å². The predicted octanol–water partition coefficient (Wildman–Crippen LogP) is 4.98. The van der Waals surface area contributed by atoms with Gasteiger partial charge in [-0.25, -0.2) is 4.39 Å². The highest BCUT2D eigenvalue weighted by atomic mass is 19.1. The molecule has 2 nitrogen and oxygen atoms in total. The highest BCUT2D eigenvalue weighted by Gasteiger charge is 2.00. The molecule has 0 unspecified atom stereocenters. The number of rotatable bonds is 4. The van der Waals surface area contributed by atoms with Crippen molar-refractivity contribution < 1.29 is 4.39 Å². The maximum Gasteiger partial charge on any atom is 0.123 e. The summed E-state index contributed by atoms with van der Waals surface area (Å²) in [7, 11) is 0. The molecule has 0 atom stereocenters. The van der Waals surface area contributed by atoms with Crippen LogP contribution in [0.15, 0.2) is 72.8 Å². The van der Waals surface area contributed by atoms with Gasteiger partial charge in [-0.05, 0) is 47.0 Å². The summed E-state index contributed by atoms with van der Waals surface area (Å²) in [4.78, 5) is 0. The van der Waals surface area contributed by atoms with Crippen molar-refractivity contribution in [3.05, 3.63) is 89.7 Å². The van der Waals surface area contributed by atoms with Crippen LogP contribution >= 0.6 is 0 Å². The van der Waals surface area contributed by atoms with Crippen LogP contribution in [-0.2, 0) is 6.54 Å². The van der Waals surface area contributed by atoms with Crippen LogP contribution in [0.25, 0.3) is 11.1 Å². The summed E-state index contributed by atoms with van der Waals surface area (Å²) in [5.74, 6) is -0.228. The fourth-order valence-corrected chi connectivity index (χ4v) is 2.36. The van der Waals surface area contributed by atoms with Crippen LogP contribution in [0.4, 0.5) is 10.1 Å². The Balaban J connectivity index is 1.68. The minimum atomic E-state index is -0.228. The Labute approximate surface area is 134 Å². The van der Waals surface area contributed by atoms with E-state index >= 15 is 0 Å². The molecule has 0 radical (unpaired) electrons. The van der Waals surface area contributed by atoms with Crippen LogP contribution in [0.5, 0.6) is 0 Å². The summed E-state index contributed by atoms with van der Waals surface area (Å²) in [6.07, 6.45) is 0. The van der Waals surface area contributed by atoms with Crippen LogP contribution in [0.3, 0.4) is 0 Å². The van der Waals surface area contributed by atoms with Crippen molar-refractivity contribution in [1.29, 1.82) is 5.26 Å². The Morgan fingerprint density at radius 1 is 0.870 bits per heavy atom. The van der Waals surface area contributed by atoms with Gasteiger partial charge in [0.05, 0.1) is 11.6 Å². The first kappa shape index (κ1) is 14.8. The van der Waals surface area contributed by atoms with Crippen LogP contribution in [0.1, 0.15) is 11.1 Å². The van der Waals surface area contributed by atoms with Crippen molar-refractivity contribution in [2.45, 2.75) is 6.54 Å². The van der Waals surface area contributed by atoms with Gasteiger partial charge in [-0.3, -0.25) is 0 Å². The number of hydrogen-bond donors (Lipinski definition) is 1. The summed E-state index contributed by atoms with van der Waals surface area (Å²) in [6, 6.07) is 24.1. The molecule has 3 aromatic rings. The van der Waals surface area contributed by atoms with Crippen LogP contribution in [-0.4, -0.2) is 0 Å². The zero-order chi connectivity index (χ0) is 16.1. The van der Waals surface area contributed by atoms with Gasteiger partial charge in [-0.15, -0.1) is 0 Å². The maximum atomic E-state index is 13.0.